The Bertz CT molecular complexity index is 840. The number of carbonyl (C=O) groups is 1. The smallest absolute Gasteiger partial charge is 0.410 e. The predicted molar refractivity (Wildman–Crippen MR) is 104 cm³/mol. The largest absolute Gasteiger partial charge is 0.444 e. The maximum atomic E-state index is 12.7. The minimum absolute atomic E-state index is 0.0758. The van der Waals surface area contributed by atoms with Crippen molar-refractivity contribution in [3.8, 4) is 0 Å². The average Bonchev–Trinajstić information content (AvgIpc) is 3.25. The molecular weight excluding hydrogens is 356 g/mol. The molecule has 2 aliphatic rings. The second-order valence-electron chi connectivity index (χ2n) is 8.78. The lowest BCUT2D eigenvalue weighted by molar-refractivity contribution is -0.0118. The van der Waals surface area contributed by atoms with E-state index in [0.717, 1.165) is 31.5 Å². The minimum atomic E-state index is -0.486. The Kier molecular flexibility index (Phi) is 4.61. The molecule has 2 aromatic rings. The molecule has 1 atom stereocenters. The SMILES string of the molecule is Cn1nnc(C(c2ccccc2)N2CCN(C(=O)OC(C)(C)C)C3(CC3)C2)n1. The molecule has 8 nitrogen and oxygen atoms in total. The molecule has 0 N–H and O–H groups in total. The van der Waals surface area contributed by atoms with Crippen LogP contribution in [0.1, 0.15) is 51.0 Å². The zero-order valence-electron chi connectivity index (χ0n) is 17.0. The van der Waals surface area contributed by atoms with Gasteiger partial charge in [0.2, 0.25) is 0 Å². The first-order valence-corrected chi connectivity index (χ1v) is 9.81. The van der Waals surface area contributed by atoms with E-state index in [1.54, 1.807) is 7.05 Å². The number of amides is 1. The fraction of sp³-hybridized carbons (Fsp3) is 0.600. The van der Waals surface area contributed by atoms with E-state index in [-0.39, 0.29) is 17.7 Å². The highest BCUT2D eigenvalue weighted by molar-refractivity contribution is 5.70. The van der Waals surface area contributed by atoms with Crippen LogP contribution in [0.3, 0.4) is 0 Å². The number of ether oxygens (including phenoxy) is 1. The fourth-order valence-corrected chi connectivity index (χ4v) is 3.97. The van der Waals surface area contributed by atoms with Crippen molar-refractivity contribution in [1.82, 2.24) is 30.0 Å². The Morgan fingerprint density at radius 3 is 2.46 bits per heavy atom. The maximum Gasteiger partial charge on any atom is 0.410 e. The summed E-state index contributed by atoms with van der Waals surface area (Å²) in [6, 6.07) is 10.2. The van der Waals surface area contributed by atoms with Crippen LogP contribution < -0.4 is 0 Å². The molecule has 0 bridgehead atoms. The first-order chi connectivity index (χ1) is 13.3. The number of nitrogens with zero attached hydrogens (tertiary/aromatic N) is 6. The number of benzene rings is 1. The summed E-state index contributed by atoms with van der Waals surface area (Å²) in [5.74, 6) is 0.690. The number of hydrogen-bond donors (Lipinski definition) is 0. The summed E-state index contributed by atoms with van der Waals surface area (Å²) in [7, 11) is 1.78. The zero-order chi connectivity index (χ0) is 19.9. The molecule has 4 rings (SSSR count). The fourth-order valence-electron chi connectivity index (χ4n) is 3.97. The van der Waals surface area contributed by atoms with E-state index in [9.17, 15) is 4.79 Å². The van der Waals surface area contributed by atoms with Crippen molar-refractivity contribution < 1.29 is 9.53 Å². The number of aryl methyl sites for hydroxylation is 1. The van der Waals surface area contributed by atoms with Crippen molar-refractivity contribution in [1.29, 1.82) is 0 Å². The highest BCUT2D eigenvalue weighted by Gasteiger charge is 2.55. The van der Waals surface area contributed by atoms with E-state index in [1.807, 2.05) is 43.9 Å². The van der Waals surface area contributed by atoms with Crippen LogP contribution >= 0.6 is 0 Å². The Labute approximate surface area is 165 Å². The second-order valence-corrected chi connectivity index (χ2v) is 8.78. The van der Waals surface area contributed by atoms with Crippen molar-refractivity contribution in [3.05, 3.63) is 41.7 Å². The number of tetrazole rings is 1. The molecule has 2 heterocycles. The molecule has 1 aliphatic carbocycles. The van der Waals surface area contributed by atoms with Crippen LogP contribution in [0.15, 0.2) is 30.3 Å². The first-order valence-electron chi connectivity index (χ1n) is 9.81. The Hall–Kier alpha value is -2.48. The van der Waals surface area contributed by atoms with Gasteiger partial charge in [-0.05, 0) is 44.4 Å². The molecule has 1 saturated carbocycles. The molecule has 1 aromatic carbocycles. The van der Waals surface area contributed by atoms with E-state index in [0.29, 0.717) is 12.4 Å². The van der Waals surface area contributed by atoms with Gasteiger partial charge in [-0.3, -0.25) is 9.80 Å². The summed E-state index contributed by atoms with van der Waals surface area (Å²) in [6.07, 6.45) is 1.79. The number of carbonyl (C=O) groups excluding carboxylic acids is 1. The Morgan fingerprint density at radius 1 is 1.18 bits per heavy atom. The summed E-state index contributed by atoms with van der Waals surface area (Å²) >= 11 is 0. The van der Waals surface area contributed by atoms with Crippen LogP contribution in [0, 0.1) is 0 Å². The molecule has 28 heavy (non-hydrogen) atoms. The van der Waals surface area contributed by atoms with Crippen LogP contribution in [0.4, 0.5) is 4.79 Å². The van der Waals surface area contributed by atoms with Crippen LogP contribution in [0.25, 0.3) is 0 Å². The van der Waals surface area contributed by atoms with Gasteiger partial charge in [0, 0.05) is 19.6 Å². The topological polar surface area (TPSA) is 76.4 Å². The van der Waals surface area contributed by atoms with Gasteiger partial charge in [-0.25, -0.2) is 4.79 Å². The molecule has 1 aliphatic heterocycles. The van der Waals surface area contributed by atoms with Gasteiger partial charge in [-0.2, -0.15) is 4.80 Å². The highest BCUT2D eigenvalue weighted by atomic mass is 16.6. The maximum absolute atomic E-state index is 12.7. The zero-order valence-corrected chi connectivity index (χ0v) is 17.0. The van der Waals surface area contributed by atoms with Gasteiger partial charge in [0.15, 0.2) is 5.82 Å². The molecule has 1 saturated heterocycles. The van der Waals surface area contributed by atoms with Crippen molar-refractivity contribution in [2.45, 2.75) is 50.8 Å². The number of hydrogen-bond acceptors (Lipinski definition) is 6. The van der Waals surface area contributed by atoms with Crippen LogP contribution in [-0.4, -0.2) is 66.9 Å². The summed E-state index contributed by atoms with van der Waals surface area (Å²) in [5.41, 5.74) is 0.507. The van der Waals surface area contributed by atoms with Crippen molar-refractivity contribution in [3.63, 3.8) is 0 Å². The summed E-state index contributed by atoms with van der Waals surface area (Å²) in [5, 5.41) is 12.8. The molecule has 1 aromatic heterocycles. The number of rotatable bonds is 3. The van der Waals surface area contributed by atoms with E-state index in [4.69, 9.17) is 4.74 Å². The van der Waals surface area contributed by atoms with Crippen molar-refractivity contribution >= 4 is 6.09 Å². The molecule has 1 spiro atoms. The molecule has 1 amide bonds. The normalized spacial score (nSPS) is 20.2. The van der Waals surface area contributed by atoms with Crippen LogP contribution in [0.2, 0.25) is 0 Å². The van der Waals surface area contributed by atoms with Crippen molar-refractivity contribution in [2.24, 2.45) is 7.05 Å². The van der Waals surface area contributed by atoms with E-state index in [2.05, 4.69) is 32.4 Å². The molecule has 8 heteroatoms. The third-order valence-corrected chi connectivity index (χ3v) is 5.37. The van der Waals surface area contributed by atoms with E-state index >= 15 is 0 Å². The summed E-state index contributed by atoms with van der Waals surface area (Å²) in [6.45, 7) is 7.88. The van der Waals surface area contributed by atoms with Gasteiger partial charge in [0.1, 0.15) is 5.60 Å². The lowest BCUT2D eigenvalue weighted by Gasteiger charge is -2.44. The quantitative estimate of drug-likeness (QED) is 0.809. The highest BCUT2D eigenvalue weighted by Crippen LogP contribution is 2.46. The molecule has 2 fully saturated rings. The molecule has 150 valence electrons. The molecule has 0 radical (unpaired) electrons. The monoisotopic (exact) mass is 384 g/mol. The molecular formula is C20H28N6O2. The van der Waals surface area contributed by atoms with Crippen LogP contribution in [-0.2, 0) is 11.8 Å². The lowest BCUT2D eigenvalue weighted by atomic mass is 10.0. The summed E-state index contributed by atoms with van der Waals surface area (Å²) in [4.78, 5) is 18.5. The Morgan fingerprint density at radius 2 is 1.89 bits per heavy atom. The predicted octanol–water partition coefficient (Wildman–Crippen LogP) is 2.38. The molecule has 1 unspecified atom stereocenters. The minimum Gasteiger partial charge on any atom is -0.444 e. The lowest BCUT2D eigenvalue weighted by Crippen LogP contribution is -2.58. The third-order valence-electron chi connectivity index (χ3n) is 5.37. The average molecular weight is 384 g/mol. The second kappa shape index (κ2) is 6.84. The standard InChI is InChI=1S/C20H28N6O2/c1-19(2,3)28-18(27)26-13-12-25(14-20(26)10-11-20)16(15-8-6-5-7-9-15)17-21-23-24(4)22-17/h5-9,16H,10-14H2,1-4H3. The van der Waals surface area contributed by atoms with Gasteiger partial charge in [-0.1, -0.05) is 30.3 Å². The Balaban J connectivity index is 1.58. The van der Waals surface area contributed by atoms with E-state index < -0.39 is 5.60 Å². The van der Waals surface area contributed by atoms with Crippen molar-refractivity contribution in [2.75, 3.05) is 19.6 Å². The van der Waals surface area contributed by atoms with Gasteiger partial charge < -0.3 is 4.74 Å². The van der Waals surface area contributed by atoms with Gasteiger partial charge in [0.05, 0.1) is 18.6 Å². The van der Waals surface area contributed by atoms with E-state index in [1.165, 1.54) is 4.80 Å². The van der Waals surface area contributed by atoms with Crippen LogP contribution in [0.5, 0.6) is 0 Å². The number of piperazine rings is 1. The van der Waals surface area contributed by atoms with Gasteiger partial charge >= 0.3 is 6.09 Å². The van der Waals surface area contributed by atoms with Gasteiger partial charge in [0.25, 0.3) is 0 Å². The number of aromatic nitrogens is 4. The summed E-state index contributed by atoms with van der Waals surface area (Å²) < 4.78 is 5.65. The van der Waals surface area contributed by atoms with Gasteiger partial charge in [-0.15, -0.1) is 10.2 Å². The first kappa shape index (κ1) is 18.9. The third kappa shape index (κ3) is 3.73.